The van der Waals surface area contributed by atoms with E-state index in [-0.39, 0.29) is 5.69 Å². The fourth-order valence-corrected chi connectivity index (χ4v) is 2.71. The Bertz CT molecular complexity index is 686. The first-order valence-corrected chi connectivity index (χ1v) is 7.35. The molecule has 0 atom stereocenters. The molecule has 2 aromatic rings. The number of rotatable bonds is 3. The minimum Gasteiger partial charge on any atom is -0.455 e. The number of nitro groups is 1. The van der Waals surface area contributed by atoms with Crippen molar-refractivity contribution in [2.24, 2.45) is 0 Å². The van der Waals surface area contributed by atoms with Crippen molar-refractivity contribution >= 4 is 37.5 Å². The van der Waals surface area contributed by atoms with Crippen LogP contribution in [-0.4, -0.2) is 4.92 Å². The number of hydrogen-bond acceptors (Lipinski definition) is 3. The molecule has 0 radical (unpaired) electrons. The van der Waals surface area contributed by atoms with E-state index in [2.05, 4.69) is 31.9 Å². The van der Waals surface area contributed by atoms with E-state index < -0.39 is 4.92 Å². The second-order valence-corrected chi connectivity index (χ2v) is 6.07. The van der Waals surface area contributed by atoms with Gasteiger partial charge in [-0.15, -0.1) is 0 Å². The predicted molar refractivity (Wildman–Crippen MR) is 84.5 cm³/mol. The van der Waals surface area contributed by atoms with Crippen LogP contribution in [0.25, 0.3) is 0 Å². The number of hydrogen-bond donors (Lipinski definition) is 0. The summed E-state index contributed by atoms with van der Waals surface area (Å²) in [5.74, 6) is 1.20. The van der Waals surface area contributed by atoms with Gasteiger partial charge >= 0.3 is 0 Å². The molecule has 2 aromatic carbocycles. The van der Waals surface area contributed by atoms with Crippen molar-refractivity contribution in [3.05, 3.63) is 60.5 Å². The smallest absolute Gasteiger partial charge is 0.273 e. The molecule has 0 fully saturated rings. The van der Waals surface area contributed by atoms with Crippen molar-refractivity contribution in [2.45, 2.75) is 13.8 Å². The van der Waals surface area contributed by atoms with E-state index in [1.54, 1.807) is 13.0 Å². The first-order chi connectivity index (χ1) is 9.38. The Labute approximate surface area is 133 Å². The van der Waals surface area contributed by atoms with Gasteiger partial charge in [-0.1, -0.05) is 6.07 Å². The van der Waals surface area contributed by atoms with Crippen LogP contribution in [0.5, 0.6) is 11.5 Å². The summed E-state index contributed by atoms with van der Waals surface area (Å²) in [5.41, 5.74) is 1.73. The summed E-state index contributed by atoms with van der Waals surface area (Å²) in [6.45, 7) is 3.67. The third-order valence-corrected chi connectivity index (χ3v) is 3.99. The van der Waals surface area contributed by atoms with Crippen molar-refractivity contribution in [1.29, 1.82) is 0 Å². The molecule has 0 aliphatic rings. The van der Waals surface area contributed by atoms with Crippen LogP contribution in [0, 0.1) is 24.0 Å². The predicted octanol–water partition coefficient (Wildman–Crippen LogP) is 5.53. The molecule has 0 saturated carbocycles. The van der Waals surface area contributed by atoms with E-state index >= 15 is 0 Å². The van der Waals surface area contributed by atoms with Crippen molar-refractivity contribution in [1.82, 2.24) is 0 Å². The fourth-order valence-electron chi connectivity index (χ4n) is 1.73. The maximum absolute atomic E-state index is 10.9. The molecule has 104 valence electrons. The van der Waals surface area contributed by atoms with Crippen LogP contribution in [0.2, 0.25) is 0 Å². The molecule has 0 amide bonds. The highest BCUT2D eigenvalue weighted by Gasteiger charge is 2.16. The van der Waals surface area contributed by atoms with Gasteiger partial charge in [-0.05, 0) is 69.5 Å². The molecule has 0 unspecified atom stereocenters. The van der Waals surface area contributed by atoms with E-state index in [4.69, 9.17) is 4.74 Å². The van der Waals surface area contributed by atoms with Crippen molar-refractivity contribution in [2.75, 3.05) is 0 Å². The van der Waals surface area contributed by atoms with Gasteiger partial charge in [0.1, 0.15) is 11.5 Å². The molecule has 0 heterocycles. The van der Waals surface area contributed by atoms with E-state index in [1.165, 1.54) is 6.07 Å². The van der Waals surface area contributed by atoms with E-state index in [0.717, 1.165) is 10.0 Å². The quantitative estimate of drug-likeness (QED) is 0.502. The maximum Gasteiger partial charge on any atom is 0.273 e. The fraction of sp³-hybridized carbons (Fsp3) is 0.143. The molecule has 4 nitrogen and oxygen atoms in total. The molecular formula is C14H11Br2NO3. The zero-order chi connectivity index (χ0) is 14.9. The first-order valence-electron chi connectivity index (χ1n) is 5.77. The maximum atomic E-state index is 10.9. The standard InChI is InChI=1S/C14H11Br2NO3/c1-8-3-4-13(10(15)5-8)20-14-6-9(2)12(17(18)19)7-11(14)16/h3-7H,1-2H3. The summed E-state index contributed by atoms with van der Waals surface area (Å²) in [6.07, 6.45) is 0. The number of nitrogens with zero attached hydrogens (tertiary/aromatic N) is 1. The normalized spacial score (nSPS) is 10.4. The van der Waals surface area contributed by atoms with Crippen molar-refractivity contribution in [3.8, 4) is 11.5 Å². The summed E-state index contributed by atoms with van der Waals surface area (Å²) in [7, 11) is 0. The average molecular weight is 401 g/mol. The number of aryl methyl sites for hydroxylation is 2. The van der Waals surface area contributed by atoms with Crippen LogP contribution in [0.15, 0.2) is 39.3 Å². The topological polar surface area (TPSA) is 52.4 Å². The lowest BCUT2D eigenvalue weighted by Crippen LogP contribution is -1.94. The van der Waals surface area contributed by atoms with Crippen LogP contribution in [-0.2, 0) is 0 Å². The number of nitro benzene ring substituents is 1. The SMILES string of the molecule is Cc1ccc(Oc2cc(C)c([N+](=O)[O-])cc2Br)c(Br)c1. The van der Waals surface area contributed by atoms with Crippen molar-refractivity contribution in [3.63, 3.8) is 0 Å². The highest BCUT2D eigenvalue weighted by molar-refractivity contribution is 9.11. The highest BCUT2D eigenvalue weighted by atomic mass is 79.9. The van der Waals surface area contributed by atoms with E-state index in [9.17, 15) is 10.1 Å². The molecule has 20 heavy (non-hydrogen) atoms. The van der Waals surface area contributed by atoms with Gasteiger partial charge in [0, 0.05) is 11.6 Å². The minimum absolute atomic E-state index is 0.0622. The lowest BCUT2D eigenvalue weighted by atomic mass is 10.2. The van der Waals surface area contributed by atoms with Gasteiger partial charge in [-0.3, -0.25) is 10.1 Å². The Balaban J connectivity index is 2.39. The second kappa shape index (κ2) is 5.93. The average Bonchev–Trinajstić information content (AvgIpc) is 2.36. The monoisotopic (exact) mass is 399 g/mol. The third-order valence-electron chi connectivity index (χ3n) is 2.75. The van der Waals surface area contributed by atoms with Crippen LogP contribution in [0.4, 0.5) is 5.69 Å². The Morgan fingerprint density at radius 1 is 1.05 bits per heavy atom. The molecule has 0 N–H and O–H groups in total. The molecular weight excluding hydrogens is 390 g/mol. The molecule has 6 heteroatoms. The summed E-state index contributed by atoms with van der Waals surface area (Å²) < 4.78 is 7.17. The lowest BCUT2D eigenvalue weighted by Gasteiger charge is -2.11. The molecule has 0 saturated heterocycles. The largest absolute Gasteiger partial charge is 0.455 e. The van der Waals surface area contributed by atoms with E-state index in [0.29, 0.717) is 21.5 Å². The van der Waals surface area contributed by atoms with Gasteiger partial charge in [0.2, 0.25) is 0 Å². The van der Waals surface area contributed by atoms with Gasteiger partial charge in [0.15, 0.2) is 0 Å². The summed E-state index contributed by atoms with van der Waals surface area (Å²) >= 11 is 6.74. The van der Waals surface area contributed by atoms with Crippen LogP contribution in [0.1, 0.15) is 11.1 Å². The van der Waals surface area contributed by atoms with Gasteiger partial charge in [0.05, 0.1) is 13.9 Å². The van der Waals surface area contributed by atoms with Crippen LogP contribution >= 0.6 is 31.9 Å². The molecule has 0 spiro atoms. The van der Waals surface area contributed by atoms with Gasteiger partial charge in [-0.2, -0.15) is 0 Å². The van der Waals surface area contributed by atoms with Gasteiger partial charge in [-0.25, -0.2) is 0 Å². The number of halogens is 2. The van der Waals surface area contributed by atoms with Gasteiger partial charge in [0.25, 0.3) is 5.69 Å². The summed E-state index contributed by atoms with van der Waals surface area (Å²) in [5, 5.41) is 10.9. The summed E-state index contributed by atoms with van der Waals surface area (Å²) in [6, 6.07) is 8.83. The Morgan fingerprint density at radius 3 is 2.30 bits per heavy atom. The minimum atomic E-state index is -0.411. The van der Waals surface area contributed by atoms with E-state index in [1.807, 2.05) is 25.1 Å². The number of benzene rings is 2. The number of ether oxygens (including phenoxy) is 1. The second-order valence-electron chi connectivity index (χ2n) is 4.36. The molecule has 0 aliphatic heterocycles. The first kappa shape index (κ1) is 15.0. The Morgan fingerprint density at radius 2 is 1.70 bits per heavy atom. The van der Waals surface area contributed by atoms with Gasteiger partial charge < -0.3 is 4.74 Å². The zero-order valence-corrected chi connectivity index (χ0v) is 14.0. The lowest BCUT2D eigenvalue weighted by molar-refractivity contribution is -0.385. The summed E-state index contributed by atoms with van der Waals surface area (Å²) in [4.78, 5) is 10.5. The Hall–Kier alpha value is -1.40. The van der Waals surface area contributed by atoms with Crippen LogP contribution < -0.4 is 4.74 Å². The molecule has 0 aromatic heterocycles. The molecule has 0 bridgehead atoms. The van der Waals surface area contributed by atoms with Crippen molar-refractivity contribution < 1.29 is 9.66 Å². The zero-order valence-electron chi connectivity index (χ0n) is 10.8. The van der Waals surface area contributed by atoms with Crippen LogP contribution in [0.3, 0.4) is 0 Å². The third kappa shape index (κ3) is 3.19. The molecule has 2 rings (SSSR count). The highest BCUT2D eigenvalue weighted by Crippen LogP contribution is 2.37. The Kier molecular flexibility index (Phi) is 4.45. The molecule has 0 aliphatic carbocycles.